The molecule has 5 heteroatoms. The van der Waals surface area contributed by atoms with Crippen LogP contribution < -0.4 is 0 Å². The minimum absolute atomic E-state index is 0.431. The molecule has 0 saturated carbocycles. The highest BCUT2D eigenvalue weighted by molar-refractivity contribution is 4.91. The minimum Gasteiger partial charge on any atom is -0.393 e. The Bertz CT molecular complexity index is 390. The average Bonchev–Trinajstić information content (AvgIpc) is 2.76. The van der Waals surface area contributed by atoms with E-state index in [9.17, 15) is 5.11 Å². The van der Waals surface area contributed by atoms with Crippen LogP contribution in [0.15, 0.2) is 4.52 Å². The molecular weight excluding hydrogens is 242 g/mol. The van der Waals surface area contributed by atoms with Crippen LogP contribution in [0, 0.1) is 5.92 Å². The number of likely N-dealkylation sites (tertiary alicyclic amines) is 1. The van der Waals surface area contributed by atoms with E-state index in [2.05, 4.69) is 28.9 Å². The van der Waals surface area contributed by atoms with Crippen molar-refractivity contribution in [3.05, 3.63) is 11.7 Å². The Morgan fingerprint density at radius 2 is 2.21 bits per heavy atom. The van der Waals surface area contributed by atoms with E-state index >= 15 is 0 Å². The maximum absolute atomic E-state index is 9.30. The highest BCUT2D eigenvalue weighted by Crippen LogP contribution is 2.21. The predicted octanol–water partition coefficient (Wildman–Crippen LogP) is 1.66. The lowest BCUT2D eigenvalue weighted by atomic mass is 9.94. The molecule has 2 unspecified atom stereocenters. The monoisotopic (exact) mass is 267 g/mol. The molecule has 2 rings (SSSR count). The minimum atomic E-state index is -0.431. The molecule has 2 heterocycles. The van der Waals surface area contributed by atoms with Gasteiger partial charge >= 0.3 is 0 Å². The summed E-state index contributed by atoms with van der Waals surface area (Å²) in [5.41, 5.74) is 0. The van der Waals surface area contributed by atoms with Gasteiger partial charge in [0.25, 0.3) is 0 Å². The standard InChI is InChI=1S/C14H25N3O2/c1-10(2)17-6-4-5-12(9-17)8-13-15-14(19-16-13)7-11(3)18/h10-12,18H,4-9H2,1-3H3. The summed E-state index contributed by atoms with van der Waals surface area (Å²) in [5.74, 6) is 1.95. The van der Waals surface area contributed by atoms with Crippen LogP contribution in [0.4, 0.5) is 0 Å². The number of hydrogen-bond acceptors (Lipinski definition) is 5. The molecule has 1 aromatic heterocycles. The van der Waals surface area contributed by atoms with Gasteiger partial charge in [0.05, 0.1) is 12.5 Å². The lowest BCUT2D eigenvalue weighted by Crippen LogP contribution is -2.40. The maximum atomic E-state index is 9.30. The molecule has 0 aromatic carbocycles. The summed E-state index contributed by atoms with van der Waals surface area (Å²) in [7, 11) is 0. The van der Waals surface area contributed by atoms with Crippen LogP contribution >= 0.6 is 0 Å². The van der Waals surface area contributed by atoms with Gasteiger partial charge in [-0.3, -0.25) is 0 Å². The number of rotatable bonds is 5. The molecule has 19 heavy (non-hydrogen) atoms. The fourth-order valence-electron chi connectivity index (χ4n) is 2.70. The molecule has 1 aliphatic heterocycles. The molecule has 1 fully saturated rings. The molecule has 1 aromatic rings. The number of aliphatic hydroxyl groups excluding tert-OH is 1. The van der Waals surface area contributed by atoms with Gasteiger partial charge in [0.15, 0.2) is 5.82 Å². The number of aliphatic hydroxyl groups is 1. The van der Waals surface area contributed by atoms with Crippen LogP contribution in [-0.2, 0) is 12.8 Å². The molecule has 0 spiro atoms. The van der Waals surface area contributed by atoms with Gasteiger partial charge in [0.1, 0.15) is 0 Å². The van der Waals surface area contributed by atoms with Crippen LogP contribution in [0.3, 0.4) is 0 Å². The van der Waals surface area contributed by atoms with Crippen molar-refractivity contribution in [2.45, 2.75) is 58.6 Å². The van der Waals surface area contributed by atoms with E-state index in [1.54, 1.807) is 6.92 Å². The third kappa shape index (κ3) is 4.28. The molecule has 0 aliphatic carbocycles. The summed E-state index contributed by atoms with van der Waals surface area (Å²) in [6, 6.07) is 0.610. The van der Waals surface area contributed by atoms with Crippen molar-refractivity contribution >= 4 is 0 Å². The van der Waals surface area contributed by atoms with Crippen molar-refractivity contribution in [2.75, 3.05) is 13.1 Å². The Kier molecular flexibility index (Phi) is 4.93. The fraction of sp³-hybridized carbons (Fsp3) is 0.857. The Hall–Kier alpha value is -0.940. The molecule has 1 aliphatic rings. The second kappa shape index (κ2) is 6.48. The summed E-state index contributed by atoms with van der Waals surface area (Å²) < 4.78 is 5.16. The zero-order chi connectivity index (χ0) is 13.8. The number of piperidine rings is 1. The summed E-state index contributed by atoms with van der Waals surface area (Å²) in [6.45, 7) is 8.55. The molecule has 1 N–H and O–H groups in total. The Morgan fingerprint density at radius 1 is 1.42 bits per heavy atom. The largest absolute Gasteiger partial charge is 0.393 e. The first-order chi connectivity index (χ1) is 9.04. The van der Waals surface area contributed by atoms with Gasteiger partial charge in [-0.15, -0.1) is 0 Å². The predicted molar refractivity (Wildman–Crippen MR) is 72.8 cm³/mol. The first-order valence-electron chi connectivity index (χ1n) is 7.28. The lowest BCUT2D eigenvalue weighted by molar-refractivity contribution is 0.138. The molecule has 108 valence electrons. The summed E-state index contributed by atoms with van der Waals surface area (Å²) in [6.07, 6.45) is 3.38. The van der Waals surface area contributed by atoms with Gasteiger partial charge in [-0.2, -0.15) is 4.98 Å². The van der Waals surface area contributed by atoms with E-state index < -0.39 is 6.10 Å². The van der Waals surface area contributed by atoms with E-state index in [0.29, 0.717) is 24.3 Å². The van der Waals surface area contributed by atoms with Crippen LogP contribution in [0.1, 0.15) is 45.3 Å². The second-order valence-electron chi connectivity index (χ2n) is 5.96. The molecular formula is C14H25N3O2. The molecule has 0 radical (unpaired) electrons. The van der Waals surface area contributed by atoms with Gasteiger partial charge in [-0.1, -0.05) is 5.16 Å². The fourth-order valence-corrected chi connectivity index (χ4v) is 2.70. The van der Waals surface area contributed by atoms with Gasteiger partial charge in [0, 0.05) is 19.0 Å². The molecule has 0 bridgehead atoms. The quantitative estimate of drug-likeness (QED) is 0.879. The maximum Gasteiger partial charge on any atom is 0.229 e. The van der Waals surface area contributed by atoms with E-state index in [0.717, 1.165) is 18.8 Å². The Morgan fingerprint density at radius 3 is 2.89 bits per heavy atom. The third-order valence-electron chi connectivity index (χ3n) is 3.73. The summed E-state index contributed by atoms with van der Waals surface area (Å²) >= 11 is 0. The second-order valence-corrected chi connectivity index (χ2v) is 5.96. The van der Waals surface area contributed by atoms with E-state index in [-0.39, 0.29) is 0 Å². The molecule has 2 atom stereocenters. The highest BCUT2D eigenvalue weighted by atomic mass is 16.5. The number of hydrogen-bond donors (Lipinski definition) is 1. The van der Waals surface area contributed by atoms with Crippen molar-refractivity contribution in [3.63, 3.8) is 0 Å². The zero-order valence-electron chi connectivity index (χ0n) is 12.2. The van der Waals surface area contributed by atoms with Crippen LogP contribution in [0.5, 0.6) is 0 Å². The van der Waals surface area contributed by atoms with Crippen LogP contribution in [0.25, 0.3) is 0 Å². The van der Waals surface area contributed by atoms with Gasteiger partial charge in [-0.05, 0) is 46.1 Å². The SMILES string of the molecule is CC(O)Cc1nc(CC2CCCN(C(C)C)C2)no1. The zero-order valence-corrected chi connectivity index (χ0v) is 12.2. The van der Waals surface area contributed by atoms with E-state index in [1.165, 1.54) is 19.4 Å². The molecule has 1 saturated heterocycles. The van der Waals surface area contributed by atoms with E-state index in [4.69, 9.17) is 4.52 Å². The normalized spacial score (nSPS) is 22.9. The lowest BCUT2D eigenvalue weighted by Gasteiger charge is -2.35. The van der Waals surface area contributed by atoms with E-state index in [1.807, 2.05) is 0 Å². The van der Waals surface area contributed by atoms with Gasteiger partial charge in [-0.25, -0.2) is 0 Å². The summed E-state index contributed by atoms with van der Waals surface area (Å²) in [4.78, 5) is 6.88. The Labute approximate surface area is 115 Å². The van der Waals surface area contributed by atoms with Crippen molar-refractivity contribution in [3.8, 4) is 0 Å². The Balaban J connectivity index is 1.88. The van der Waals surface area contributed by atoms with Gasteiger partial charge < -0.3 is 14.5 Å². The highest BCUT2D eigenvalue weighted by Gasteiger charge is 2.23. The number of nitrogens with zero attached hydrogens (tertiary/aromatic N) is 3. The first kappa shape index (κ1) is 14.5. The van der Waals surface area contributed by atoms with Crippen molar-refractivity contribution in [2.24, 2.45) is 5.92 Å². The summed E-state index contributed by atoms with van der Waals surface area (Å²) in [5, 5.41) is 13.3. The average molecular weight is 267 g/mol. The molecule has 0 amide bonds. The smallest absolute Gasteiger partial charge is 0.229 e. The topological polar surface area (TPSA) is 62.4 Å². The van der Waals surface area contributed by atoms with Gasteiger partial charge in [0.2, 0.25) is 5.89 Å². The first-order valence-corrected chi connectivity index (χ1v) is 7.28. The van der Waals surface area contributed by atoms with Crippen LogP contribution in [-0.4, -0.2) is 45.4 Å². The van der Waals surface area contributed by atoms with Crippen molar-refractivity contribution < 1.29 is 9.63 Å². The molecule has 5 nitrogen and oxygen atoms in total. The van der Waals surface area contributed by atoms with Crippen molar-refractivity contribution in [1.29, 1.82) is 0 Å². The van der Waals surface area contributed by atoms with Crippen LogP contribution in [0.2, 0.25) is 0 Å². The number of aromatic nitrogens is 2. The van der Waals surface area contributed by atoms with Crippen molar-refractivity contribution in [1.82, 2.24) is 15.0 Å². The third-order valence-corrected chi connectivity index (χ3v) is 3.73.